The molecule has 3 fully saturated rings. The van der Waals surface area contributed by atoms with Crippen molar-refractivity contribution in [2.24, 2.45) is 34.0 Å². The van der Waals surface area contributed by atoms with Gasteiger partial charge in [-0.1, -0.05) is 27.7 Å². The van der Waals surface area contributed by atoms with Crippen LogP contribution in [-0.2, 0) is 11.2 Å². The quantitative estimate of drug-likeness (QED) is 0.539. The maximum atomic E-state index is 12.2. The van der Waals surface area contributed by atoms with E-state index in [4.69, 9.17) is 9.47 Å². The summed E-state index contributed by atoms with van der Waals surface area (Å²) in [4.78, 5) is 12.2. The lowest BCUT2D eigenvalue weighted by Crippen LogP contribution is -2.73. The standard InChI is InChI=1S/C28H40O6/c1-25(2)10-9-21(31)28(5)22(25)17(29)13-26(3)20-12-16-11-15(24(32)33-6)7-8-19(16)34-27(20,4)14-18(30)23(26)28/h7-8,11,17-18,20-23,29-31H,9-10,12-14H2,1-6H3/t17-,18+,20?,21-,22?,23-,26+,27+,28+/m1/s1. The summed E-state index contributed by atoms with van der Waals surface area (Å²) in [7, 11) is 1.38. The molecular formula is C28H40O6. The van der Waals surface area contributed by atoms with Gasteiger partial charge in [0.25, 0.3) is 0 Å². The first-order valence-corrected chi connectivity index (χ1v) is 12.7. The van der Waals surface area contributed by atoms with Crippen LogP contribution < -0.4 is 4.74 Å². The number of esters is 1. The van der Waals surface area contributed by atoms with E-state index in [1.165, 1.54) is 7.11 Å². The molecule has 34 heavy (non-hydrogen) atoms. The molecule has 5 rings (SSSR count). The normalized spacial score (nSPS) is 46.7. The van der Waals surface area contributed by atoms with Crippen LogP contribution in [0.5, 0.6) is 5.75 Å². The number of aliphatic hydroxyl groups excluding tert-OH is 3. The first-order valence-electron chi connectivity index (χ1n) is 12.7. The summed E-state index contributed by atoms with van der Waals surface area (Å²) in [5.41, 5.74) is -0.352. The highest BCUT2D eigenvalue weighted by atomic mass is 16.5. The lowest BCUT2D eigenvalue weighted by molar-refractivity contribution is -0.292. The minimum atomic E-state index is -0.648. The Morgan fingerprint density at radius 2 is 1.71 bits per heavy atom. The Balaban J connectivity index is 1.62. The molecule has 9 atom stereocenters. The van der Waals surface area contributed by atoms with E-state index >= 15 is 0 Å². The molecule has 0 spiro atoms. The molecule has 1 aromatic carbocycles. The molecule has 0 aromatic heterocycles. The number of carbonyl (C=O) groups excluding carboxylic acids is 1. The zero-order valence-electron chi connectivity index (χ0n) is 21.3. The molecule has 1 aliphatic heterocycles. The van der Waals surface area contributed by atoms with Gasteiger partial charge in [0.1, 0.15) is 11.4 Å². The van der Waals surface area contributed by atoms with Gasteiger partial charge in [-0.3, -0.25) is 0 Å². The molecule has 1 heterocycles. The highest BCUT2D eigenvalue weighted by Gasteiger charge is 2.72. The highest BCUT2D eigenvalue weighted by Crippen LogP contribution is 2.70. The van der Waals surface area contributed by atoms with Gasteiger partial charge in [-0.2, -0.15) is 0 Å². The Morgan fingerprint density at radius 3 is 2.38 bits per heavy atom. The van der Waals surface area contributed by atoms with Crippen molar-refractivity contribution in [2.75, 3.05) is 7.11 Å². The summed E-state index contributed by atoms with van der Waals surface area (Å²) < 4.78 is 11.5. The molecule has 0 saturated heterocycles. The van der Waals surface area contributed by atoms with Gasteiger partial charge < -0.3 is 24.8 Å². The first kappa shape index (κ1) is 24.1. The fraction of sp³-hybridized carbons (Fsp3) is 0.750. The fourth-order valence-corrected chi connectivity index (χ4v) is 9.47. The van der Waals surface area contributed by atoms with E-state index in [9.17, 15) is 20.1 Å². The number of benzene rings is 1. The summed E-state index contributed by atoms with van der Waals surface area (Å²) >= 11 is 0. The number of hydrogen-bond acceptors (Lipinski definition) is 6. The minimum absolute atomic E-state index is 0.0125. The van der Waals surface area contributed by atoms with Crippen molar-refractivity contribution >= 4 is 5.97 Å². The smallest absolute Gasteiger partial charge is 0.337 e. The average molecular weight is 473 g/mol. The van der Waals surface area contributed by atoms with Gasteiger partial charge in [-0.25, -0.2) is 4.79 Å². The van der Waals surface area contributed by atoms with Crippen molar-refractivity contribution in [2.45, 2.75) is 90.6 Å². The van der Waals surface area contributed by atoms with Crippen LogP contribution in [0.1, 0.15) is 76.2 Å². The lowest BCUT2D eigenvalue weighted by atomic mass is 9.36. The van der Waals surface area contributed by atoms with Gasteiger partial charge in [-0.05, 0) is 79.0 Å². The number of ether oxygens (including phenoxy) is 2. The van der Waals surface area contributed by atoms with Crippen LogP contribution in [0.15, 0.2) is 18.2 Å². The van der Waals surface area contributed by atoms with Crippen molar-refractivity contribution in [1.29, 1.82) is 0 Å². The summed E-state index contributed by atoms with van der Waals surface area (Å²) in [5.74, 6) is 0.104. The molecule has 0 amide bonds. The van der Waals surface area contributed by atoms with E-state index in [1.54, 1.807) is 6.07 Å². The monoisotopic (exact) mass is 472 g/mol. The van der Waals surface area contributed by atoms with Crippen LogP contribution in [0.25, 0.3) is 0 Å². The fourth-order valence-electron chi connectivity index (χ4n) is 9.47. The van der Waals surface area contributed by atoms with E-state index < -0.39 is 34.7 Å². The van der Waals surface area contributed by atoms with Crippen LogP contribution >= 0.6 is 0 Å². The van der Waals surface area contributed by atoms with E-state index in [-0.39, 0.29) is 29.1 Å². The molecule has 3 aliphatic carbocycles. The summed E-state index contributed by atoms with van der Waals surface area (Å²) in [5, 5.41) is 34.8. The summed E-state index contributed by atoms with van der Waals surface area (Å²) in [6.07, 6.45) is 1.45. The van der Waals surface area contributed by atoms with E-state index in [0.29, 0.717) is 31.2 Å². The predicted molar refractivity (Wildman–Crippen MR) is 127 cm³/mol. The third-order valence-corrected chi connectivity index (χ3v) is 10.5. The van der Waals surface area contributed by atoms with Gasteiger partial charge in [-0.15, -0.1) is 0 Å². The second kappa shape index (κ2) is 7.44. The zero-order valence-corrected chi connectivity index (χ0v) is 21.3. The molecule has 3 saturated carbocycles. The molecule has 4 aliphatic rings. The number of rotatable bonds is 1. The van der Waals surface area contributed by atoms with E-state index in [1.807, 2.05) is 12.1 Å². The highest BCUT2D eigenvalue weighted by molar-refractivity contribution is 5.89. The number of methoxy groups -OCH3 is 1. The molecular weight excluding hydrogens is 432 g/mol. The Kier molecular flexibility index (Phi) is 5.27. The molecule has 1 aromatic rings. The third kappa shape index (κ3) is 3.07. The van der Waals surface area contributed by atoms with Crippen LogP contribution in [-0.4, -0.2) is 52.3 Å². The molecule has 6 nitrogen and oxygen atoms in total. The van der Waals surface area contributed by atoms with Crippen molar-refractivity contribution in [1.82, 2.24) is 0 Å². The third-order valence-electron chi connectivity index (χ3n) is 10.5. The number of fused-ring (bicyclic) bond motifs is 6. The Hall–Kier alpha value is -1.63. The SMILES string of the molecule is COC(=O)c1ccc2c(c1)CC1[C@]3(C)C[C@@H](O)C4C(C)(C)CC[C@@H](O)[C@]4(C)[C@@H]3[C@@H](O)C[C@]1(C)O2. The van der Waals surface area contributed by atoms with Gasteiger partial charge in [0, 0.05) is 17.8 Å². The number of carbonyl (C=O) groups is 1. The van der Waals surface area contributed by atoms with Crippen LogP contribution in [0.3, 0.4) is 0 Å². The number of hydrogen-bond donors (Lipinski definition) is 3. The molecule has 2 unspecified atom stereocenters. The molecule has 3 N–H and O–H groups in total. The Morgan fingerprint density at radius 1 is 1.03 bits per heavy atom. The predicted octanol–water partition coefficient (Wildman–Crippen LogP) is 3.74. The van der Waals surface area contributed by atoms with Crippen LogP contribution in [0.4, 0.5) is 0 Å². The van der Waals surface area contributed by atoms with Crippen LogP contribution in [0, 0.1) is 34.0 Å². The van der Waals surface area contributed by atoms with Gasteiger partial charge in [0.15, 0.2) is 0 Å². The Labute approximate surface area is 202 Å². The van der Waals surface area contributed by atoms with Gasteiger partial charge in [0.2, 0.25) is 0 Å². The van der Waals surface area contributed by atoms with E-state index in [2.05, 4.69) is 34.6 Å². The van der Waals surface area contributed by atoms with Crippen molar-refractivity contribution in [3.05, 3.63) is 29.3 Å². The average Bonchev–Trinajstić information content (AvgIpc) is 2.73. The first-order chi connectivity index (χ1) is 15.8. The van der Waals surface area contributed by atoms with Crippen molar-refractivity contribution < 1.29 is 29.6 Å². The summed E-state index contributed by atoms with van der Waals surface area (Å²) in [6, 6.07) is 5.39. The van der Waals surface area contributed by atoms with Crippen LogP contribution in [0.2, 0.25) is 0 Å². The Bertz CT molecular complexity index is 1000. The second-order valence-electron chi connectivity index (χ2n) is 12.9. The lowest BCUT2D eigenvalue weighted by Gasteiger charge is -2.71. The van der Waals surface area contributed by atoms with Crippen molar-refractivity contribution in [3.8, 4) is 5.75 Å². The molecule has 0 bridgehead atoms. The molecule has 188 valence electrons. The summed E-state index contributed by atoms with van der Waals surface area (Å²) in [6.45, 7) is 10.7. The maximum Gasteiger partial charge on any atom is 0.337 e. The molecule has 0 radical (unpaired) electrons. The second-order valence-corrected chi connectivity index (χ2v) is 12.9. The largest absolute Gasteiger partial charge is 0.487 e. The van der Waals surface area contributed by atoms with Crippen molar-refractivity contribution in [3.63, 3.8) is 0 Å². The molecule has 6 heteroatoms. The maximum absolute atomic E-state index is 12.2. The zero-order chi connectivity index (χ0) is 24.8. The van der Waals surface area contributed by atoms with Gasteiger partial charge in [0.05, 0.1) is 31.0 Å². The topological polar surface area (TPSA) is 96.2 Å². The van der Waals surface area contributed by atoms with E-state index in [0.717, 1.165) is 17.7 Å². The number of aliphatic hydroxyl groups is 3. The van der Waals surface area contributed by atoms with Gasteiger partial charge >= 0.3 is 5.97 Å². The minimum Gasteiger partial charge on any atom is -0.487 e.